The molecule has 5 nitrogen and oxygen atoms in total. The first kappa shape index (κ1) is 20.1. The largest absolute Gasteiger partial charge is 0.484 e. The Labute approximate surface area is 172 Å². The molecule has 3 aromatic rings. The van der Waals surface area contributed by atoms with Crippen LogP contribution in [0, 0.1) is 0 Å². The quantitative estimate of drug-likeness (QED) is 0.343. The SMILES string of the molecule is Clc1ncc(Br)c(Cl)n1.Clc1ncc(OCc2ccccc2)c(Cl)n1. The van der Waals surface area contributed by atoms with Crippen LogP contribution in [-0.4, -0.2) is 19.9 Å². The van der Waals surface area contributed by atoms with Gasteiger partial charge >= 0.3 is 0 Å². The molecule has 0 saturated carbocycles. The number of ether oxygens (including phenoxy) is 1. The highest BCUT2D eigenvalue weighted by Gasteiger charge is 2.05. The second-order valence-corrected chi connectivity index (χ2v) is 6.59. The summed E-state index contributed by atoms with van der Waals surface area (Å²) in [5, 5.41) is 0.811. The van der Waals surface area contributed by atoms with Gasteiger partial charge < -0.3 is 4.74 Å². The van der Waals surface area contributed by atoms with E-state index in [0.717, 1.165) is 5.56 Å². The van der Waals surface area contributed by atoms with Crippen molar-refractivity contribution in [3.63, 3.8) is 0 Å². The smallest absolute Gasteiger partial charge is 0.224 e. The third-order valence-electron chi connectivity index (χ3n) is 2.59. The Morgan fingerprint density at radius 2 is 1.44 bits per heavy atom. The van der Waals surface area contributed by atoms with Gasteiger partial charge in [0, 0.05) is 6.20 Å². The molecule has 0 fully saturated rings. The molecular weight excluding hydrogens is 474 g/mol. The fourth-order valence-electron chi connectivity index (χ4n) is 1.49. The van der Waals surface area contributed by atoms with Crippen molar-refractivity contribution in [2.24, 2.45) is 0 Å². The molecule has 0 aliphatic rings. The van der Waals surface area contributed by atoms with Crippen LogP contribution >= 0.6 is 62.3 Å². The van der Waals surface area contributed by atoms with Crippen LogP contribution in [0.3, 0.4) is 0 Å². The fraction of sp³-hybridized carbons (Fsp3) is 0.0667. The molecule has 0 amide bonds. The fourth-order valence-corrected chi connectivity index (χ4v) is 2.35. The molecule has 2 aromatic heterocycles. The molecule has 0 radical (unpaired) electrons. The number of nitrogens with zero attached hydrogens (tertiary/aromatic N) is 4. The van der Waals surface area contributed by atoms with Gasteiger partial charge in [0.25, 0.3) is 0 Å². The van der Waals surface area contributed by atoms with Gasteiger partial charge in [0.1, 0.15) is 11.8 Å². The summed E-state index contributed by atoms with van der Waals surface area (Å²) < 4.78 is 6.11. The van der Waals surface area contributed by atoms with Crippen molar-refractivity contribution < 1.29 is 4.74 Å². The van der Waals surface area contributed by atoms with Gasteiger partial charge in [0.2, 0.25) is 10.6 Å². The van der Waals surface area contributed by atoms with Crippen molar-refractivity contribution in [3.8, 4) is 5.75 Å². The number of hydrogen-bond donors (Lipinski definition) is 0. The van der Waals surface area contributed by atoms with Gasteiger partial charge in [-0.15, -0.1) is 0 Å². The van der Waals surface area contributed by atoms with Gasteiger partial charge in [-0.2, -0.15) is 0 Å². The van der Waals surface area contributed by atoms with E-state index in [-0.39, 0.29) is 15.7 Å². The van der Waals surface area contributed by atoms with E-state index in [1.54, 1.807) is 0 Å². The Balaban J connectivity index is 0.000000212. The van der Waals surface area contributed by atoms with Crippen LogP contribution in [-0.2, 0) is 6.61 Å². The second kappa shape index (κ2) is 10.1. The van der Waals surface area contributed by atoms with Crippen molar-refractivity contribution in [3.05, 3.63) is 73.6 Å². The second-order valence-electron chi connectivity index (χ2n) is 4.35. The van der Waals surface area contributed by atoms with Crippen LogP contribution in [0.5, 0.6) is 5.75 Å². The zero-order valence-corrected chi connectivity index (χ0v) is 16.9. The molecule has 0 spiro atoms. The molecule has 130 valence electrons. The summed E-state index contributed by atoms with van der Waals surface area (Å²) in [7, 11) is 0. The first-order valence-electron chi connectivity index (χ1n) is 6.64. The molecule has 2 heterocycles. The predicted octanol–water partition coefficient (Wildman–Crippen LogP) is 5.91. The van der Waals surface area contributed by atoms with Gasteiger partial charge in [-0.1, -0.05) is 53.5 Å². The van der Waals surface area contributed by atoms with E-state index in [1.807, 2.05) is 30.3 Å². The lowest BCUT2D eigenvalue weighted by molar-refractivity contribution is 0.304. The van der Waals surface area contributed by atoms with E-state index in [2.05, 4.69) is 35.9 Å². The van der Waals surface area contributed by atoms with Gasteiger partial charge in [-0.05, 0) is 44.7 Å². The minimum absolute atomic E-state index is 0.108. The topological polar surface area (TPSA) is 60.8 Å². The van der Waals surface area contributed by atoms with Crippen molar-refractivity contribution in [2.45, 2.75) is 6.61 Å². The van der Waals surface area contributed by atoms with Gasteiger partial charge in [0.15, 0.2) is 10.9 Å². The molecule has 0 aliphatic carbocycles. The summed E-state index contributed by atoms with van der Waals surface area (Å²) in [5.41, 5.74) is 1.05. The molecule has 0 N–H and O–H groups in total. The summed E-state index contributed by atoms with van der Waals surface area (Å²) in [6, 6.07) is 9.76. The standard InChI is InChI=1S/C11H8Cl2N2O.C4HBrCl2N2/c12-10-9(6-14-11(13)15-10)16-7-8-4-2-1-3-5-8;5-2-1-8-4(7)9-3(2)6/h1-6H,7H2;1H. The van der Waals surface area contributed by atoms with Crippen LogP contribution in [0.25, 0.3) is 0 Å². The third kappa shape index (κ3) is 6.92. The first-order chi connectivity index (χ1) is 12.0. The Bertz CT molecular complexity index is 839. The van der Waals surface area contributed by atoms with Crippen molar-refractivity contribution >= 4 is 62.3 Å². The summed E-state index contributed by atoms with van der Waals surface area (Å²) in [6.07, 6.45) is 2.96. The number of aromatic nitrogens is 4. The Hall–Kier alpha value is -1.18. The summed E-state index contributed by atoms with van der Waals surface area (Å²) in [5.74, 6) is 0.426. The average molecular weight is 483 g/mol. The van der Waals surface area contributed by atoms with Crippen LogP contribution in [0.2, 0.25) is 20.9 Å². The van der Waals surface area contributed by atoms with Gasteiger partial charge in [0.05, 0.1) is 10.7 Å². The zero-order valence-electron chi connectivity index (χ0n) is 12.3. The van der Waals surface area contributed by atoms with Crippen molar-refractivity contribution in [1.29, 1.82) is 0 Å². The predicted molar refractivity (Wildman–Crippen MR) is 103 cm³/mol. The first-order valence-corrected chi connectivity index (χ1v) is 8.94. The molecule has 1 aromatic carbocycles. The van der Waals surface area contributed by atoms with Crippen molar-refractivity contribution in [2.75, 3.05) is 0 Å². The number of rotatable bonds is 3. The third-order valence-corrected chi connectivity index (χ3v) is 4.32. The molecule has 0 saturated heterocycles. The highest BCUT2D eigenvalue weighted by Crippen LogP contribution is 2.23. The maximum atomic E-state index is 5.84. The van der Waals surface area contributed by atoms with Crippen LogP contribution < -0.4 is 4.74 Å². The minimum Gasteiger partial charge on any atom is -0.484 e. The van der Waals surface area contributed by atoms with Crippen LogP contribution in [0.15, 0.2) is 47.2 Å². The highest BCUT2D eigenvalue weighted by atomic mass is 79.9. The minimum atomic E-state index is 0.108. The number of halogens is 5. The highest BCUT2D eigenvalue weighted by molar-refractivity contribution is 9.10. The molecule has 10 heteroatoms. The van der Waals surface area contributed by atoms with E-state index in [9.17, 15) is 0 Å². The van der Waals surface area contributed by atoms with E-state index < -0.39 is 0 Å². The molecule has 0 bridgehead atoms. The van der Waals surface area contributed by atoms with Crippen LogP contribution in [0.1, 0.15) is 5.56 Å². The van der Waals surface area contributed by atoms with Crippen molar-refractivity contribution in [1.82, 2.24) is 19.9 Å². The molecule has 0 unspecified atom stereocenters. The van der Waals surface area contributed by atoms with Crippen LogP contribution in [0.4, 0.5) is 0 Å². The lowest BCUT2D eigenvalue weighted by Gasteiger charge is -2.06. The Morgan fingerprint density at radius 3 is 2.00 bits per heavy atom. The van der Waals surface area contributed by atoms with E-state index in [0.29, 0.717) is 22.0 Å². The van der Waals surface area contributed by atoms with Gasteiger partial charge in [-0.3, -0.25) is 0 Å². The van der Waals surface area contributed by atoms with E-state index in [1.165, 1.54) is 12.4 Å². The maximum absolute atomic E-state index is 5.84. The zero-order chi connectivity index (χ0) is 18.2. The summed E-state index contributed by atoms with van der Waals surface area (Å²) >= 11 is 25.4. The number of hydrogen-bond acceptors (Lipinski definition) is 5. The van der Waals surface area contributed by atoms with E-state index in [4.69, 9.17) is 51.1 Å². The maximum Gasteiger partial charge on any atom is 0.224 e. The molecule has 3 rings (SSSR count). The molecular formula is C15H9BrCl4N4O. The normalized spacial score (nSPS) is 9.96. The average Bonchev–Trinajstić information content (AvgIpc) is 2.59. The van der Waals surface area contributed by atoms with Gasteiger partial charge in [-0.25, -0.2) is 19.9 Å². The Kier molecular flexibility index (Phi) is 8.12. The molecule has 0 atom stereocenters. The number of benzene rings is 1. The Morgan fingerprint density at radius 1 is 0.840 bits per heavy atom. The summed E-state index contributed by atoms with van der Waals surface area (Å²) in [4.78, 5) is 14.9. The monoisotopic (exact) mass is 480 g/mol. The van der Waals surface area contributed by atoms with E-state index >= 15 is 0 Å². The molecule has 25 heavy (non-hydrogen) atoms. The lowest BCUT2D eigenvalue weighted by Crippen LogP contribution is -1.97. The lowest BCUT2D eigenvalue weighted by atomic mass is 10.2. The summed E-state index contributed by atoms with van der Waals surface area (Å²) in [6.45, 7) is 0.422. The molecule has 0 aliphatic heterocycles.